The fourth-order valence-corrected chi connectivity index (χ4v) is 2.37. The number of carbonyl (C=O) groups is 1. The summed E-state index contributed by atoms with van der Waals surface area (Å²) in [6.45, 7) is 0.530. The minimum Gasteiger partial charge on any atom is -0.368 e. The van der Waals surface area contributed by atoms with Crippen LogP contribution >= 0.6 is 0 Å². The second-order valence-corrected chi connectivity index (χ2v) is 4.95. The number of nitrogens with one attached hydrogen (secondary N) is 1. The predicted molar refractivity (Wildman–Crippen MR) is 68.8 cm³/mol. The third-order valence-electron chi connectivity index (χ3n) is 3.45. The van der Waals surface area contributed by atoms with Gasteiger partial charge in [0.2, 0.25) is 5.91 Å². The Kier molecular flexibility index (Phi) is 3.73. The third kappa shape index (κ3) is 2.76. The number of alkyl halides is 3. The van der Waals surface area contributed by atoms with Crippen LogP contribution in [0.15, 0.2) is 18.3 Å². The number of amides is 1. The molecule has 1 amide bonds. The van der Waals surface area contributed by atoms with Crippen molar-refractivity contribution in [2.45, 2.75) is 31.7 Å². The maximum Gasteiger partial charge on any atom is 0.420 e. The first-order valence-corrected chi connectivity index (χ1v) is 6.76. The summed E-state index contributed by atoms with van der Waals surface area (Å²) in [5.41, 5.74) is -1.14. The normalized spacial score (nSPS) is 18.8. The number of halogens is 3. The number of fused-ring (bicyclic) bond motifs is 1. The van der Waals surface area contributed by atoms with Crippen molar-refractivity contribution in [3.63, 3.8) is 0 Å². The van der Waals surface area contributed by atoms with Gasteiger partial charge >= 0.3 is 6.18 Å². The summed E-state index contributed by atoms with van der Waals surface area (Å²) in [7, 11) is 0. The minimum atomic E-state index is -4.51. The van der Waals surface area contributed by atoms with E-state index in [0.717, 1.165) is 12.5 Å². The van der Waals surface area contributed by atoms with E-state index in [4.69, 9.17) is 4.74 Å². The molecule has 0 bridgehead atoms. The lowest BCUT2D eigenvalue weighted by atomic mass is 10.2. The van der Waals surface area contributed by atoms with Gasteiger partial charge in [-0.05, 0) is 25.0 Å². The number of carbonyl (C=O) groups excluding carboxylic acids is 1. The van der Waals surface area contributed by atoms with Crippen molar-refractivity contribution in [3.05, 3.63) is 29.7 Å². The first-order valence-electron chi connectivity index (χ1n) is 6.76. The molecule has 1 saturated heterocycles. The summed E-state index contributed by atoms with van der Waals surface area (Å²) < 4.78 is 45.1. The number of aromatic nitrogens is 3. The van der Waals surface area contributed by atoms with Crippen LogP contribution in [0.25, 0.3) is 5.65 Å². The van der Waals surface area contributed by atoms with Gasteiger partial charge in [-0.2, -0.15) is 13.2 Å². The fourth-order valence-electron chi connectivity index (χ4n) is 2.37. The van der Waals surface area contributed by atoms with Gasteiger partial charge in [-0.1, -0.05) is 0 Å². The molecule has 0 radical (unpaired) electrons. The third-order valence-corrected chi connectivity index (χ3v) is 3.45. The average molecular weight is 314 g/mol. The molecular formula is C13H13F3N4O2. The number of rotatable bonds is 3. The second-order valence-electron chi connectivity index (χ2n) is 4.95. The maximum absolute atomic E-state index is 12.9. The largest absolute Gasteiger partial charge is 0.420 e. The minimum absolute atomic E-state index is 0.0127. The molecular weight excluding hydrogens is 301 g/mol. The molecule has 3 rings (SSSR count). The van der Waals surface area contributed by atoms with E-state index in [-0.39, 0.29) is 23.9 Å². The van der Waals surface area contributed by atoms with E-state index in [1.165, 1.54) is 16.7 Å². The Labute approximate surface area is 123 Å². The average Bonchev–Trinajstić information content (AvgIpc) is 3.13. The highest BCUT2D eigenvalue weighted by Crippen LogP contribution is 2.31. The van der Waals surface area contributed by atoms with Crippen molar-refractivity contribution < 1.29 is 22.7 Å². The molecule has 118 valence electrons. The van der Waals surface area contributed by atoms with Crippen LogP contribution in [0.4, 0.5) is 13.2 Å². The summed E-state index contributed by atoms with van der Waals surface area (Å²) in [5, 5.41) is 9.91. The molecule has 0 spiro atoms. The lowest BCUT2D eigenvalue weighted by Gasteiger charge is -2.10. The molecule has 1 aliphatic rings. The highest BCUT2D eigenvalue weighted by Gasteiger charge is 2.34. The molecule has 1 N–H and O–H groups in total. The van der Waals surface area contributed by atoms with Crippen molar-refractivity contribution in [2.24, 2.45) is 0 Å². The van der Waals surface area contributed by atoms with Gasteiger partial charge < -0.3 is 10.1 Å². The van der Waals surface area contributed by atoms with Crippen LogP contribution in [0, 0.1) is 0 Å². The van der Waals surface area contributed by atoms with Crippen LogP contribution in [-0.2, 0) is 22.3 Å². The van der Waals surface area contributed by atoms with E-state index in [1.54, 1.807) is 0 Å². The van der Waals surface area contributed by atoms with E-state index in [0.29, 0.717) is 13.0 Å². The van der Waals surface area contributed by atoms with Crippen molar-refractivity contribution in [2.75, 3.05) is 6.61 Å². The lowest BCUT2D eigenvalue weighted by Crippen LogP contribution is -2.34. The van der Waals surface area contributed by atoms with E-state index >= 15 is 0 Å². The van der Waals surface area contributed by atoms with Crippen LogP contribution in [0.3, 0.4) is 0 Å². The van der Waals surface area contributed by atoms with Crippen molar-refractivity contribution in [1.82, 2.24) is 19.9 Å². The Morgan fingerprint density at radius 3 is 2.95 bits per heavy atom. The smallest absolute Gasteiger partial charge is 0.368 e. The fraction of sp³-hybridized carbons (Fsp3) is 0.462. The number of ether oxygens (including phenoxy) is 1. The zero-order valence-electron chi connectivity index (χ0n) is 11.4. The van der Waals surface area contributed by atoms with Crippen molar-refractivity contribution >= 4 is 11.6 Å². The molecule has 2 aromatic rings. The Hall–Kier alpha value is -2.16. The van der Waals surface area contributed by atoms with Gasteiger partial charge in [-0.15, -0.1) is 10.2 Å². The molecule has 1 atom stereocenters. The molecule has 6 nitrogen and oxygen atoms in total. The van der Waals surface area contributed by atoms with E-state index in [9.17, 15) is 18.0 Å². The molecule has 0 saturated carbocycles. The molecule has 0 aromatic carbocycles. The summed E-state index contributed by atoms with van der Waals surface area (Å²) in [5.74, 6) is -0.0614. The molecule has 22 heavy (non-hydrogen) atoms. The van der Waals surface area contributed by atoms with Crippen LogP contribution in [-0.4, -0.2) is 33.2 Å². The molecule has 2 aromatic heterocycles. The second kappa shape index (κ2) is 5.56. The van der Waals surface area contributed by atoms with Gasteiger partial charge in [0.25, 0.3) is 0 Å². The number of nitrogens with zero attached hydrogens (tertiary/aromatic N) is 3. The summed E-state index contributed by atoms with van der Waals surface area (Å²) >= 11 is 0. The molecule has 1 fully saturated rings. The van der Waals surface area contributed by atoms with Crippen molar-refractivity contribution in [3.8, 4) is 0 Å². The number of hydrogen-bond acceptors (Lipinski definition) is 4. The predicted octanol–water partition coefficient (Wildman–Crippen LogP) is 1.54. The van der Waals surface area contributed by atoms with Crippen molar-refractivity contribution in [1.29, 1.82) is 0 Å². The molecule has 0 aliphatic carbocycles. The number of hydrogen-bond donors (Lipinski definition) is 1. The summed E-state index contributed by atoms with van der Waals surface area (Å²) in [6.07, 6.45) is -2.11. The molecule has 9 heteroatoms. The molecule has 0 unspecified atom stereocenters. The quantitative estimate of drug-likeness (QED) is 0.933. The Morgan fingerprint density at radius 1 is 1.45 bits per heavy atom. The Balaban J connectivity index is 1.79. The Bertz CT molecular complexity index is 692. The van der Waals surface area contributed by atoms with Gasteiger partial charge in [-0.3, -0.25) is 9.20 Å². The van der Waals surface area contributed by atoms with Gasteiger partial charge in [0.05, 0.1) is 6.54 Å². The maximum atomic E-state index is 12.9. The van der Waals surface area contributed by atoms with Gasteiger partial charge in [0, 0.05) is 12.8 Å². The first-order chi connectivity index (χ1) is 10.5. The van der Waals surface area contributed by atoms with Crippen LogP contribution in [0.5, 0.6) is 0 Å². The summed E-state index contributed by atoms with van der Waals surface area (Å²) in [6, 6.07) is 2.21. The SMILES string of the molecule is O=C(NCc1nnc2c(C(F)(F)F)cccn12)[C@@H]1CCCO1. The van der Waals surface area contributed by atoms with E-state index < -0.39 is 17.8 Å². The topological polar surface area (TPSA) is 68.5 Å². The van der Waals surface area contributed by atoms with Crippen LogP contribution < -0.4 is 5.32 Å². The lowest BCUT2D eigenvalue weighted by molar-refractivity contribution is -0.136. The standard InChI is InChI=1S/C13H13F3N4O2/c14-13(15,16)8-3-1-5-20-10(18-19-11(8)20)7-17-12(21)9-4-2-6-22-9/h1,3,5,9H,2,4,6-7H2,(H,17,21)/t9-/m0/s1. The summed E-state index contributed by atoms with van der Waals surface area (Å²) in [4.78, 5) is 11.8. The zero-order valence-corrected chi connectivity index (χ0v) is 11.4. The molecule has 3 heterocycles. The first kappa shape index (κ1) is 14.8. The zero-order chi connectivity index (χ0) is 15.7. The van der Waals surface area contributed by atoms with Crippen LogP contribution in [0.1, 0.15) is 24.2 Å². The highest BCUT2D eigenvalue weighted by atomic mass is 19.4. The highest BCUT2D eigenvalue weighted by molar-refractivity contribution is 5.80. The monoisotopic (exact) mass is 314 g/mol. The van der Waals surface area contributed by atoms with Crippen LogP contribution in [0.2, 0.25) is 0 Å². The van der Waals surface area contributed by atoms with Gasteiger partial charge in [-0.25, -0.2) is 0 Å². The van der Waals surface area contributed by atoms with Gasteiger partial charge in [0.1, 0.15) is 11.7 Å². The Morgan fingerprint density at radius 2 is 2.27 bits per heavy atom. The van der Waals surface area contributed by atoms with Gasteiger partial charge in [0.15, 0.2) is 11.5 Å². The number of pyridine rings is 1. The van der Waals surface area contributed by atoms with E-state index in [1.807, 2.05) is 0 Å². The molecule has 1 aliphatic heterocycles. The van der Waals surface area contributed by atoms with E-state index in [2.05, 4.69) is 15.5 Å².